The molecule has 1 aromatic carbocycles. The maximum absolute atomic E-state index is 12.0. The van der Waals surface area contributed by atoms with Crippen LogP contribution in [-0.2, 0) is 22.7 Å². The molecule has 0 spiro atoms. The Hall–Kier alpha value is -2.97. The predicted octanol–water partition coefficient (Wildman–Crippen LogP) is 0.955. The number of tetrazole rings is 1. The lowest BCUT2D eigenvalue weighted by Crippen LogP contribution is -2.30. The van der Waals surface area contributed by atoms with Crippen molar-refractivity contribution >= 4 is 11.9 Å². The van der Waals surface area contributed by atoms with Gasteiger partial charge in [-0.05, 0) is 48.0 Å². The highest BCUT2D eigenvalue weighted by molar-refractivity contribution is 5.95. The van der Waals surface area contributed by atoms with E-state index in [-0.39, 0.29) is 19.1 Å². The number of hydrogen-bond donors (Lipinski definition) is 1. The number of rotatable bonds is 9. The van der Waals surface area contributed by atoms with Crippen LogP contribution in [0.15, 0.2) is 24.3 Å². The zero-order valence-corrected chi connectivity index (χ0v) is 14.3. The highest BCUT2D eigenvalue weighted by Crippen LogP contribution is 2.11. The Kier molecular flexibility index (Phi) is 6.87. The molecule has 2 rings (SSSR count). The van der Waals surface area contributed by atoms with Crippen molar-refractivity contribution in [3.8, 4) is 5.75 Å². The standard InChI is InChI=1S/C16H21N5O4/c1-3-9-21-14(18-19-20-21)11-25-15(22)10-17-16(23)12-5-7-13(8-6-12)24-4-2/h5-8H,3-4,9-11H2,1-2H3,(H,17,23). The molecule has 0 saturated heterocycles. The third kappa shape index (κ3) is 5.55. The molecule has 1 aromatic heterocycles. The lowest BCUT2D eigenvalue weighted by molar-refractivity contribution is -0.144. The summed E-state index contributed by atoms with van der Waals surface area (Å²) in [6.45, 7) is 4.81. The Bertz CT molecular complexity index is 699. The quantitative estimate of drug-likeness (QED) is 0.673. The molecule has 0 bridgehead atoms. The van der Waals surface area contributed by atoms with Crippen molar-refractivity contribution in [1.82, 2.24) is 25.5 Å². The molecule has 0 aliphatic rings. The number of carbonyl (C=O) groups is 2. The molecule has 0 atom stereocenters. The van der Waals surface area contributed by atoms with Gasteiger partial charge >= 0.3 is 5.97 Å². The molecular weight excluding hydrogens is 326 g/mol. The van der Waals surface area contributed by atoms with Gasteiger partial charge in [0.05, 0.1) is 6.61 Å². The molecule has 0 fully saturated rings. The third-order valence-corrected chi connectivity index (χ3v) is 3.22. The maximum atomic E-state index is 12.0. The predicted molar refractivity (Wildman–Crippen MR) is 87.8 cm³/mol. The molecule has 9 heteroatoms. The van der Waals surface area contributed by atoms with Crippen LogP contribution < -0.4 is 10.1 Å². The number of hydrogen-bond acceptors (Lipinski definition) is 7. The first-order chi connectivity index (χ1) is 12.1. The second-order valence-electron chi connectivity index (χ2n) is 5.12. The van der Waals surface area contributed by atoms with E-state index in [1.165, 1.54) is 0 Å². The Balaban J connectivity index is 1.77. The van der Waals surface area contributed by atoms with Gasteiger partial charge < -0.3 is 14.8 Å². The van der Waals surface area contributed by atoms with Gasteiger partial charge in [0, 0.05) is 12.1 Å². The number of nitrogens with one attached hydrogen (secondary N) is 1. The number of carbonyl (C=O) groups excluding carboxylic acids is 2. The SMILES string of the molecule is CCCn1nnnc1COC(=O)CNC(=O)c1ccc(OCC)cc1. The van der Waals surface area contributed by atoms with Crippen LogP contribution in [0.25, 0.3) is 0 Å². The van der Waals surface area contributed by atoms with E-state index in [4.69, 9.17) is 9.47 Å². The molecule has 0 radical (unpaired) electrons. The molecule has 1 amide bonds. The minimum Gasteiger partial charge on any atom is -0.494 e. The number of aromatic nitrogens is 4. The van der Waals surface area contributed by atoms with E-state index in [0.29, 0.717) is 30.3 Å². The van der Waals surface area contributed by atoms with Crippen LogP contribution in [-0.4, -0.2) is 45.2 Å². The normalized spacial score (nSPS) is 10.3. The Morgan fingerprint density at radius 1 is 1.20 bits per heavy atom. The van der Waals surface area contributed by atoms with Gasteiger partial charge in [-0.1, -0.05) is 6.92 Å². The van der Waals surface area contributed by atoms with Gasteiger partial charge in [0.15, 0.2) is 12.4 Å². The summed E-state index contributed by atoms with van der Waals surface area (Å²) in [5, 5.41) is 13.7. The average molecular weight is 347 g/mol. The Labute approximate surface area is 145 Å². The topological polar surface area (TPSA) is 108 Å². The van der Waals surface area contributed by atoms with Crippen LogP contribution >= 0.6 is 0 Å². The Morgan fingerprint density at radius 3 is 2.64 bits per heavy atom. The largest absolute Gasteiger partial charge is 0.494 e. The van der Waals surface area contributed by atoms with Gasteiger partial charge in [0.2, 0.25) is 0 Å². The van der Waals surface area contributed by atoms with E-state index in [1.807, 2.05) is 13.8 Å². The molecule has 0 aliphatic heterocycles. The van der Waals surface area contributed by atoms with Crippen molar-refractivity contribution in [2.45, 2.75) is 33.4 Å². The zero-order chi connectivity index (χ0) is 18.1. The molecule has 2 aromatic rings. The van der Waals surface area contributed by atoms with E-state index in [0.717, 1.165) is 6.42 Å². The fraction of sp³-hybridized carbons (Fsp3) is 0.438. The molecular formula is C16H21N5O4. The molecule has 0 unspecified atom stereocenters. The second-order valence-corrected chi connectivity index (χ2v) is 5.12. The van der Waals surface area contributed by atoms with Gasteiger partial charge in [-0.15, -0.1) is 5.10 Å². The Morgan fingerprint density at radius 2 is 1.96 bits per heavy atom. The monoisotopic (exact) mass is 347 g/mol. The van der Waals surface area contributed by atoms with Gasteiger partial charge in [0.25, 0.3) is 5.91 Å². The minimum absolute atomic E-state index is 0.0369. The smallest absolute Gasteiger partial charge is 0.325 e. The van der Waals surface area contributed by atoms with E-state index < -0.39 is 5.97 Å². The van der Waals surface area contributed by atoms with Gasteiger partial charge in [-0.25, -0.2) is 4.68 Å². The first kappa shape index (κ1) is 18.4. The zero-order valence-electron chi connectivity index (χ0n) is 14.3. The molecule has 1 N–H and O–H groups in total. The van der Waals surface area contributed by atoms with Crippen molar-refractivity contribution in [2.75, 3.05) is 13.2 Å². The molecule has 134 valence electrons. The first-order valence-corrected chi connectivity index (χ1v) is 8.05. The van der Waals surface area contributed by atoms with Crippen LogP contribution in [0.4, 0.5) is 0 Å². The highest BCUT2D eigenvalue weighted by atomic mass is 16.5. The molecule has 9 nitrogen and oxygen atoms in total. The van der Waals surface area contributed by atoms with Crippen LogP contribution in [0.3, 0.4) is 0 Å². The average Bonchev–Trinajstić information content (AvgIpc) is 3.06. The number of ether oxygens (including phenoxy) is 2. The summed E-state index contributed by atoms with van der Waals surface area (Å²) < 4.78 is 12.0. The maximum Gasteiger partial charge on any atom is 0.325 e. The number of esters is 1. The summed E-state index contributed by atoms with van der Waals surface area (Å²) in [5.74, 6) is 0.220. The van der Waals surface area contributed by atoms with Crippen molar-refractivity contribution in [3.63, 3.8) is 0 Å². The van der Waals surface area contributed by atoms with Gasteiger partial charge in [-0.3, -0.25) is 9.59 Å². The van der Waals surface area contributed by atoms with Crippen LogP contribution in [0.2, 0.25) is 0 Å². The number of benzene rings is 1. The van der Waals surface area contributed by atoms with Gasteiger partial charge in [-0.2, -0.15) is 0 Å². The molecule has 1 heterocycles. The fourth-order valence-corrected chi connectivity index (χ4v) is 2.03. The van der Waals surface area contributed by atoms with Crippen molar-refractivity contribution in [2.24, 2.45) is 0 Å². The van der Waals surface area contributed by atoms with Crippen LogP contribution in [0.1, 0.15) is 36.5 Å². The fourth-order valence-electron chi connectivity index (χ4n) is 2.03. The van der Waals surface area contributed by atoms with Crippen molar-refractivity contribution in [3.05, 3.63) is 35.7 Å². The molecule has 0 aliphatic carbocycles. The lowest BCUT2D eigenvalue weighted by Gasteiger charge is -2.07. The highest BCUT2D eigenvalue weighted by Gasteiger charge is 2.11. The van der Waals surface area contributed by atoms with Crippen LogP contribution in [0, 0.1) is 0 Å². The van der Waals surface area contributed by atoms with E-state index >= 15 is 0 Å². The summed E-state index contributed by atoms with van der Waals surface area (Å²) in [6, 6.07) is 6.66. The summed E-state index contributed by atoms with van der Waals surface area (Å²) >= 11 is 0. The van der Waals surface area contributed by atoms with E-state index in [2.05, 4.69) is 20.8 Å². The summed E-state index contributed by atoms with van der Waals surface area (Å²) in [5.41, 5.74) is 0.433. The number of amides is 1. The lowest BCUT2D eigenvalue weighted by atomic mass is 10.2. The van der Waals surface area contributed by atoms with Crippen molar-refractivity contribution in [1.29, 1.82) is 0 Å². The number of nitrogens with zero attached hydrogens (tertiary/aromatic N) is 4. The summed E-state index contributed by atoms with van der Waals surface area (Å²) in [4.78, 5) is 23.7. The van der Waals surface area contributed by atoms with Crippen molar-refractivity contribution < 1.29 is 19.1 Å². The summed E-state index contributed by atoms with van der Waals surface area (Å²) in [7, 11) is 0. The van der Waals surface area contributed by atoms with E-state index in [1.54, 1.807) is 28.9 Å². The van der Waals surface area contributed by atoms with Crippen LogP contribution in [0.5, 0.6) is 5.75 Å². The molecule has 25 heavy (non-hydrogen) atoms. The number of aryl methyl sites for hydroxylation is 1. The third-order valence-electron chi connectivity index (χ3n) is 3.22. The first-order valence-electron chi connectivity index (χ1n) is 8.05. The molecule has 0 saturated carbocycles. The summed E-state index contributed by atoms with van der Waals surface area (Å²) in [6.07, 6.45) is 0.865. The minimum atomic E-state index is -0.565. The second kappa shape index (κ2) is 9.36. The van der Waals surface area contributed by atoms with E-state index in [9.17, 15) is 9.59 Å². The van der Waals surface area contributed by atoms with Gasteiger partial charge in [0.1, 0.15) is 12.3 Å².